The van der Waals surface area contributed by atoms with Crippen LogP contribution in [0.4, 0.5) is 0 Å². The maximum absolute atomic E-state index is 9.07. The predicted molar refractivity (Wildman–Crippen MR) is 71.4 cm³/mol. The number of rotatable bonds is 4. The largest absolute Gasteiger partial charge is 0.495 e. The summed E-state index contributed by atoms with van der Waals surface area (Å²) in [6.07, 6.45) is 2.57. The van der Waals surface area contributed by atoms with E-state index in [1.165, 1.54) is 31.5 Å². The molecule has 0 aliphatic carbocycles. The van der Waals surface area contributed by atoms with Crippen LogP contribution in [0.3, 0.4) is 0 Å². The molecule has 96 valence electrons. The molecule has 3 nitrogen and oxygen atoms in total. The van der Waals surface area contributed by atoms with Crippen molar-refractivity contribution in [1.29, 1.82) is 5.26 Å². The minimum Gasteiger partial charge on any atom is -0.495 e. The molecule has 2 rings (SSSR count). The highest BCUT2D eigenvalue weighted by Crippen LogP contribution is 2.23. The fourth-order valence-electron chi connectivity index (χ4n) is 2.59. The van der Waals surface area contributed by atoms with Gasteiger partial charge >= 0.3 is 0 Å². The number of ether oxygens (including phenoxy) is 1. The molecule has 0 N–H and O–H groups in total. The summed E-state index contributed by atoms with van der Waals surface area (Å²) in [5.41, 5.74) is 1.82. The first-order valence-electron chi connectivity index (χ1n) is 6.56. The van der Waals surface area contributed by atoms with Gasteiger partial charge in [-0.25, -0.2) is 0 Å². The van der Waals surface area contributed by atoms with Gasteiger partial charge in [0, 0.05) is 13.1 Å². The maximum atomic E-state index is 9.07. The predicted octanol–water partition coefficient (Wildman–Crippen LogP) is 2.80. The van der Waals surface area contributed by atoms with Crippen molar-refractivity contribution in [3.05, 3.63) is 29.3 Å². The van der Waals surface area contributed by atoms with E-state index in [9.17, 15) is 0 Å². The first kappa shape index (κ1) is 12.9. The van der Waals surface area contributed by atoms with Crippen molar-refractivity contribution in [3.8, 4) is 11.8 Å². The highest BCUT2D eigenvalue weighted by atomic mass is 16.5. The smallest absolute Gasteiger partial charge is 0.136 e. The maximum Gasteiger partial charge on any atom is 0.136 e. The molecule has 0 aromatic heterocycles. The SMILES string of the molecule is CCC1CCN(Cc2ccc(OC)c(C#N)c2)C1. The van der Waals surface area contributed by atoms with Crippen molar-refractivity contribution in [2.75, 3.05) is 20.2 Å². The number of hydrogen-bond acceptors (Lipinski definition) is 3. The van der Waals surface area contributed by atoms with E-state index in [4.69, 9.17) is 10.00 Å². The van der Waals surface area contributed by atoms with Crippen LogP contribution in [-0.4, -0.2) is 25.1 Å². The van der Waals surface area contributed by atoms with Gasteiger partial charge in [0.1, 0.15) is 11.8 Å². The normalized spacial score (nSPS) is 19.7. The summed E-state index contributed by atoms with van der Waals surface area (Å²) in [6.45, 7) is 5.56. The molecule has 1 fully saturated rings. The van der Waals surface area contributed by atoms with Gasteiger partial charge in [0.2, 0.25) is 0 Å². The van der Waals surface area contributed by atoms with Crippen molar-refractivity contribution >= 4 is 0 Å². The lowest BCUT2D eigenvalue weighted by Crippen LogP contribution is -2.20. The molecule has 0 amide bonds. The van der Waals surface area contributed by atoms with E-state index in [1.807, 2.05) is 12.1 Å². The summed E-state index contributed by atoms with van der Waals surface area (Å²) in [5.74, 6) is 1.51. The zero-order valence-electron chi connectivity index (χ0n) is 11.1. The number of hydrogen-bond donors (Lipinski definition) is 0. The summed E-state index contributed by atoms with van der Waals surface area (Å²) < 4.78 is 5.16. The van der Waals surface area contributed by atoms with Crippen LogP contribution in [0.25, 0.3) is 0 Å². The minimum absolute atomic E-state index is 0.626. The van der Waals surface area contributed by atoms with Gasteiger partial charge < -0.3 is 4.74 Å². The van der Waals surface area contributed by atoms with Crippen molar-refractivity contribution < 1.29 is 4.74 Å². The van der Waals surface area contributed by atoms with Gasteiger partial charge in [0.25, 0.3) is 0 Å². The van der Waals surface area contributed by atoms with E-state index in [0.29, 0.717) is 11.3 Å². The number of likely N-dealkylation sites (tertiary alicyclic amines) is 1. The van der Waals surface area contributed by atoms with Crippen molar-refractivity contribution in [3.63, 3.8) is 0 Å². The molecule has 0 radical (unpaired) electrons. The van der Waals surface area contributed by atoms with Gasteiger partial charge in [-0.1, -0.05) is 19.4 Å². The quantitative estimate of drug-likeness (QED) is 0.817. The van der Waals surface area contributed by atoms with Crippen molar-refractivity contribution in [2.24, 2.45) is 5.92 Å². The van der Waals surface area contributed by atoms with E-state index < -0.39 is 0 Å². The molecule has 0 spiro atoms. The molecule has 1 heterocycles. The van der Waals surface area contributed by atoms with E-state index in [1.54, 1.807) is 7.11 Å². The van der Waals surface area contributed by atoms with Gasteiger partial charge in [-0.2, -0.15) is 5.26 Å². The fraction of sp³-hybridized carbons (Fsp3) is 0.533. The third kappa shape index (κ3) is 2.83. The molecule has 1 unspecified atom stereocenters. The van der Waals surface area contributed by atoms with Gasteiger partial charge in [-0.3, -0.25) is 4.90 Å². The van der Waals surface area contributed by atoms with Crippen LogP contribution in [0, 0.1) is 17.2 Å². The number of benzene rings is 1. The van der Waals surface area contributed by atoms with Crippen molar-refractivity contribution in [2.45, 2.75) is 26.3 Å². The molecule has 1 aromatic rings. The highest BCUT2D eigenvalue weighted by Gasteiger charge is 2.20. The Hall–Kier alpha value is -1.53. The summed E-state index contributed by atoms with van der Waals surface area (Å²) in [7, 11) is 1.60. The third-order valence-corrected chi connectivity index (χ3v) is 3.74. The summed E-state index contributed by atoms with van der Waals surface area (Å²) >= 11 is 0. The van der Waals surface area contributed by atoms with Crippen LogP contribution >= 0.6 is 0 Å². The van der Waals surface area contributed by atoms with Gasteiger partial charge in [-0.15, -0.1) is 0 Å². The van der Waals surface area contributed by atoms with Gasteiger partial charge in [0.05, 0.1) is 12.7 Å². The summed E-state index contributed by atoms with van der Waals surface area (Å²) in [4.78, 5) is 2.47. The lowest BCUT2D eigenvalue weighted by Gasteiger charge is -2.16. The average molecular weight is 244 g/mol. The molecule has 1 saturated heterocycles. The summed E-state index contributed by atoms with van der Waals surface area (Å²) in [5, 5.41) is 9.07. The molecule has 1 aromatic carbocycles. The third-order valence-electron chi connectivity index (χ3n) is 3.74. The zero-order chi connectivity index (χ0) is 13.0. The standard InChI is InChI=1S/C15H20N2O/c1-3-12-6-7-17(10-12)11-13-4-5-15(18-2)14(8-13)9-16/h4-5,8,12H,3,6-7,10-11H2,1-2H3. The van der Waals surface area contributed by atoms with Gasteiger partial charge in [0.15, 0.2) is 0 Å². The van der Waals surface area contributed by atoms with E-state index in [0.717, 1.165) is 12.5 Å². The zero-order valence-corrected chi connectivity index (χ0v) is 11.1. The Bertz CT molecular complexity index is 450. The Morgan fingerprint density at radius 2 is 2.33 bits per heavy atom. The lowest BCUT2D eigenvalue weighted by molar-refractivity contribution is 0.315. The molecule has 3 heteroatoms. The van der Waals surface area contributed by atoms with Crippen LogP contribution < -0.4 is 4.74 Å². The van der Waals surface area contributed by atoms with E-state index in [-0.39, 0.29) is 0 Å². The fourth-order valence-corrected chi connectivity index (χ4v) is 2.59. The molecule has 18 heavy (non-hydrogen) atoms. The average Bonchev–Trinajstić information content (AvgIpc) is 2.86. The Kier molecular flexibility index (Phi) is 4.22. The number of nitriles is 1. The van der Waals surface area contributed by atoms with E-state index in [2.05, 4.69) is 24.0 Å². The minimum atomic E-state index is 0.626. The second-order valence-corrected chi connectivity index (χ2v) is 4.94. The number of methoxy groups -OCH3 is 1. The first-order valence-corrected chi connectivity index (χ1v) is 6.56. The van der Waals surface area contributed by atoms with Crippen LogP contribution in [-0.2, 0) is 6.54 Å². The molecule has 1 aliphatic rings. The second-order valence-electron chi connectivity index (χ2n) is 4.94. The van der Waals surface area contributed by atoms with Crippen molar-refractivity contribution in [1.82, 2.24) is 4.90 Å². The lowest BCUT2D eigenvalue weighted by atomic mass is 10.1. The molecular formula is C15H20N2O. The Labute approximate surface area is 109 Å². The van der Waals surface area contributed by atoms with Crippen LogP contribution in [0.5, 0.6) is 5.75 Å². The van der Waals surface area contributed by atoms with E-state index >= 15 is 0 Å². The second kappa shape index (κ2) is 5.88. The molecule has 0 bridgehead atoms. The Morgan fingerprint density at radius 3 is 2.94 bits per heavy atom. The molecular weight excluding hydrogens is 224 g/mol. The Balaban J connectivity index is 2.04. The van der Waals surface area contributed by atoms with Crippen LogP contribution in [0.15, 0.2) is 18.2 Å². The molecule has 1 atom stereocenters. The van der Waals surface area contributed by atoms with Crippen LogP contribution in [0.1, 0.15) is 30.9 Å². The number of nitrogens with zero attached hydrogens (tertiary/aromatic N) is 2. The van der Waals surface area contributed by atoms with Crippen LogP contribution in [0.2, 0.25) is 0 Å². The first-order chi connectivity index (χ1) is 8.76. The molecule has 0 saturated carbocycles. The van der Waals surface area contributed by atoms with Gasteiger partial charge in [-0.05, 0) is 36.6 Å². The Morgan fingerprint density at radius 1 is 1.50 bits per heavy atom. The topological polar surface area (TPSA) is 36.3 Å². The monoisotopic (exact) mass is 244 g/mol. The summed E-state index contributed by atoms with van der Waals surface area (Å²) in [6, 6.07) is 8.08. The molecule has 1 aliphatic heterocycles. The highest BCUT2D eigenvalue weighted by molar-refractivity contribution is 5.45.